The van der Waals surface area contributed by atoms with Crippen molar-refractivity contribution in [3.8, 4) is 11.5 Å². The van der Waals surface area contributed by atoms with Crippen LogP contribution in [0.3, 0.4) is 0 Å². The van der Waals surface area contributed by atoms with Gasteiger partial charge >= 0.3 is 0 Å². The maximum absolute atomic E-state index is 5.40. The van der Waals surface area contributed by atoms with E-state index in [0.717, 1.165) is 17.9 Å². The van der Waals surface area contributed by atoms with E-state index in [9.17, 15) is 0 Å². The zero-order valence-electron chi connectivity index (χ0n) is 11.5. The summed E-state index contributed by atoms with van der Waals surface area (Å²) in [5.74, 6) is 1.85. The quantitative estimate of drug-likeness (QED) is 0.879. The smallest absolute Gasteiger partial charge is 0.129 e. The third-order valence-electron chi connectivity index (χ3n) is 3.14. The minimum absolute atomic E-state index is 0.269. The van der Waals surface area contributed by atoms with Gasteiger partial charge in [-0.1, -0.05) is 18.2 Å². The van der Waals surface area contributed by atoms with Crippen molar-refractivity contribution in [2.45, 2.75) is 12.5 Å². The largest absolute Gasteiger partial charge is 0.496 e. The molecule has 0 fully saturated rings. The Bertz CT molecular complexity index is 524. The molecule has 4 heteroatoms. The predicted octanol–water partition coefficient (Wildman–Crippen LogP) is 3.27. The molecule has 0 aliphatic carbocycles. The van der Waals surface area contributed by atoms with Crippen LogP contribution < -0.4 is 14.8 Å². The van der Waals surface area contributed by atoms with Crippen LogP contribution in [0.1, 0.15) is 16.5 Å². The number of likely N-dealkylation sites (N-methyl/N-ethyl adjacent to an activating group) is 1. The number of ether oxygens (including phenoxy) is 2. The molecule has 1 heterocycles. The highest BCUT2D eigenvalue weighted by Gasteiger charge is 2.15. The van der Waals surface area contributed by atoms with Crippen LogP contribution in [-0.4, -0.2) is 21.3 Å². The average Bonchev–Trinajstić information content (AvgIpc) is 2.93. The molecule has 0 spiro atoms. The van der Waals surface area contributed by atoms with Gasteiger partial charge in [-0.25, -0.2) is 0 Å². The van der Waals surface area contributed by atoms with Gasteiger partial charge in [-0.05, 0) is 31.2 Å². The third-order valence-corrected chi connectivity index (χ3v) is 4.16. The molecule has 0 saturated carbocycles. The number of para-hydroxylation sites is 1. The van der Waals surface area contributed by atoms with Crippen molar-refractivity contribution in [3.05, 3.63) is 46.2 Å². The number of nitrogens with one attached hydrogen (secondary N) is 1. The Hall–Kier alpha value is -1.52. The van der Waals surface area contributed by atoms with Gasteiger partial charge in [0.1, 0.15) is 11.5 Å². The van der Waals surface area contributed by atoms with Crippen molar-refractivity contribution in [2.24, 2.45) is 0 Å². The molecule has 2 aromatic rings. The van der Waals surface area contributed by atoms with Crippen molar-refractivity contribution in [1.29, 1.82) is 0 Å². The minimum atomic E-state index is 0.269. The summed E-state index contributed by atoms with van der Waals surface area (Å²) in [6, 6.07) is 10.5. The van der Waals surface area contributed by atoms with E-state index in [1.165, 1.54) is 10.4 Å². The second-order valence-electron chi connectivity index (χ2n) is 4.25. The van der Waals surface area contributed by atoms with Crippen LogP contribution in [0.2, 0.25) is 0 Å². The average molecular weight is 277 g/mol. The second-order valence-corrected chi connectivity index (χ2v) is 5.19. The maximum Gasteiger partial charge on any atom is 0.129 e. The van der Waals surface area contributed by atoms with E-state index in [2.05, 4.69) is 17.4 Å². The van der Waals surface area contributed by atoms with Gasteiger partial charge in [-0.3, -0.25) is 0 Å². The van der Waals surface area contributed by atoms with Crippen molar-refractivity contribution in [1.82, 2.24) is 5.32 Å². The van der Waals surface area contributed by atoms with Crippen molar-refractivity contribution >= 4 is 11.3 Å². The zero-order valence-corrected chi connectivity index (χ0v) is 12.3. The molecule has 0 bridgehead atoms. The lowest BCUT2D eigenvalue weighted by atomic mass is 10.0. The van der Waals surface area contributed by atoms with Gasteiger partial charge in [0.05, 0.1) is 14.2 Å². The molecule has 1 aromatic carbocycles. The summed E-state index contributed by atoms with van der Waals surface area (Å²) in [4.78, 5) is 1.27. The van der Waals surface area contributed by atoms with Crippen LogP contribution in [-0.2, 0) is 6.42 Å². The topological polar surface area (TPSA) is 30.5 Å². The van der Waals surface area contributed by atoms with E-state index >= 15 is 0 Å². The standard InChI is InChI=1S/C15H19NO2S/c1-16-13(15-9-12(17-2)10-19-15)8-11-6-4-5-7-14(11)18-3/h4-7,9-10,13,16H,8H2,1-3H3. The Balaban J connectivity index is 2.18. The van der Waals surface area contributed by atoms with Crippen LogP contribution in [0.4, 0.5) is 0 Å². The maximum atomic E-state index is 5.40. The molecule has 1 aromatic heterocycles. The molecule has 2 rings (SSSR count). The highest BCUT2D eigenvalue weighted by molar-refractivity contribution is 7.10. The lowest BCUT2D eigenvalue weighted by molar-refractivity contribution is 0.406. The summed E-state index contributed by atoms with van der Waals surface area (Å²) in [7, 11) is 5.38. The fourth-order valence-corrected chi connectivity index (χ4v) is 3.03. The predicted molar refractivity (Wildman–Crippen MR) is 79.4 cm³/mol. The summed E-state index contributed by atoms with van der Waals surface area (Å²) in [5, 5.41) is 5.38. The molecule has 0 aliphatic rings. The highest BCUT2D eigenvalue weighted by atomic mass is 32.1. The number of hydrogen-bond acceptors (Lipinski definition) is 4. The van der Waals surface area contributed by atoms with E-state index in [1.807, 2.05) is 30.6 Å². The van der Waals surface area contributed by atoms with E-state index < -0.39 is 0 Å². The fraction of sp³-hybridized carbons (Fsp3) is 0.333. The minimum Gasteiger partial charge on any atom is -0.496 e. The Morgan fingerprint density at radius 1 is 1.21 bits per heavy atom. The normalized spacial score (nSPS) is 12.2. The molecule has 0 radical (unpaired) electrons. The summed E-state index contributed by atoms with van der Waals surface area (Å²) in [6.07, 6.45) is 0.893. The van der Waals surface area contributed by atoms with Gasteiger partial charge in [-0.2, -0.15) is 0 Å². The van der Waals surface area contributed by atoms with Gasteiger partial charge in [0, 0.05) is 16.3 Å². The number of methoxy groups -OCH3 is 2. The zero-order chi connectivity index (χ0) is 13.7. The van der Waals surface area contributed by atoms with Crippen molar-refractivity contribution < 1.29 is 9.47 Å². The molecule has 1 N–H and O–H groups in total. The van der Waals surface area contributed by atoms with Crippen LogP contribution in [0.25, 0.3) is 0 Å². The SMILES string of the molecule is CNC(Cc1ccccc1OC)c1cc(OC)cs1. The first kappa shape index (κ1) is 13.9. The summed E-state index contributed by atoms with van der Waals surface area (Å²) < 4.78 is 10.6. The van der Waals surface area contributed by atoms with Gasteiger partial charge < -0.3 is 14.8 Å². The third kappa shape index (κ3) is 3.28. The van der Waals surface area contributed by atoms with Crippen LogP contribution in [0.15, 0.2) is 35.7 Å². The highest BCUT2D eigenvalue weighted by Crippen LogP contribution is 2.30. The molecule has 19 heavy (non-hydrogen) atoms. The van der Waals surface area contributed by atoms with Crippen LogP contribution in [0, 0.1) is 0 Å². The van der Waals surface area contributed by atoms with Crippen LogP contribution >= 0.6 is 11.3 Å². The van der Waals surface area contributed by atoms with Gasteiger partial charge in [0.2, 0.25) is 0 Å². The first-order chi connectivity index (χ1) is 9.28. The number of hydrogen-bond donors (Lipinski definition) is 1. The Morgan fingerprint density at radius 2 is 2.00 bits per heavy atom. The number of rotatable bonds is 6. The molecule has 0 aliphatic heterocycles. The van der Waals surface area contributed by atoms with Crippen LogP contribution in [0.5, 0.6) is 11.5 Å². The summed E-state index contributed by atoms with van der Waals surface area (Å²) in [5.41, 5.74) is 1.21. The van der Waals surface area contributed by atoms with E-state index in [1.54, 1.807) is 25.6 Å². The molecule has 0 saturated heterocycles. The molecule has 3 nitrogen and oxygen atoms in total. The van der Waals surface area contributed by atoms with Gasteiger partial charge in [0.25, 0.3) is 0 Å². The molecular formula is C15H19NO2S. The first-order valence-corrected chi connectivity index (χ1v) is 7.08. The lowest BCUT2D eigenvalue weighted by Crippen LogP contribution is -2.18. The molecule has 1 atom stereocenters. The monoisotopic (exact) mass is 277 g/mol. The van der Waals surface area contributed by atoms with Gasteiger partial charge in [0.15, 0.2) is 0 Å². The van der Waals surface area contributed by atoms with Crippen molar-refractivity contribution in [3.63, 3.8) is 0 Å². The van der Waals surface area contributed by atoms with E-state index in [0.29, 0.717) is 0 Å². The summed E-state index contributed by atoms with van der Waals surface area (Å²) >= 11 is 1.71. The Kier molecular flexibility index (Phi) is 4.82. The van der Waals surface area contributed by atoms with E-state index in [-0.39, 0.29) is 6.04 Å². The fourth-order valence-electron chi connectivity index (χ4n) is 2.06. The van der Waals surface area contributed by atoms with Crippen molar-refractivity contribution in [2.75, 3.05) is 21.3 Å². The Morgan fingerprint density at radius 3 is 2.63 bits per heavy atom. The number of thiophene rings is 1. The summed E-state index contributed by atoms with van der Waals surface area (Å²) in [6.45, 7) is 0. The molecule has 102 valence electrons. The van der Waals surface area contributed by atoms with Gasteiger partial charge in [-0.15, -0.1) is 11.3 Å². The Labute approximate surface area is 118 Å². The van der Waals surface area contributed by atoms with E-state index in [4.69, 9.17) is 9.47 Å². The number of benzene rings is 1. The molecular weight excluding hydrogens is 258 g/mol. The lowest BCUT2D eigenvalue weighted by Gasteiger charge is -2.16. The second kappa shape index (κ2) is 6.59. The molecule has 1 unspecified atom stereocenters. The molecule has 0 amide bonds. The first-order valence-electron chi connectivity index (χ1n) is 6.20.